The highest BCUT2D eigenvalue weighted by Gasteiger charge is 2.13. The third-order valence-corrected chi connectivity index (χ3v) is 3.08. The minimum absolute atomic E-state index is 0.163. The van der Waals surface area contributed by atoms with E-state index in [9.17, 15) is 8.42 Å². The van der Waals surface area contributed by atoms with Crippen molar-refractivity contribution in [2.45, 2.75) is 26.0 Å². The Balaban J connectivity index is 2.48. The van der Waals surface area contributed by atoms with Crippen LogP contribution >= 0.6 is 0 Å². The predicted octanol–water partition coefficient (Wildman–Crippen LogP) is 0.816. The fourth-order valence-corrected chi connectivity index (χ4v) is 2.17. The Morgan fingerprint density at radius 2 is 2.31 bits per heavy atom. The van der Waals surface area contributed by atoms with Crippen LogP contribution in [-0.4, -0.2) is 20.1 Å². The third-order valence-electron chi connectivity index (χ3n) is 1.76. The Labute approximate surface area is 95.3 Å². The molecule has 0 aliphatic carbocycles. The highest BCUT2D eigenvalue weighted by Crippen LogP contribution is 2.05. The molecule has 0 atom stereocenters. The summed E-state index contributed by atoms with van der Waals surface area (Å²) in [4.78, 5) is 0. The van der Waals surface area contributed by atoms with Crippen molar-refractivity contribution in [2.75, 3.05) is 6.54 Å². The first-order valence-corrected chi connectivity index (χ1v) is 6.48. The molecule has 0 spiro atoms. The maximum absolute atomic E-state index is 11.5. The monoisotopic (exact) mass is 242 g/mol. The maximum atomic E-state index is 11.5. The van der Waals surface area contributed by atoms with Crippen molar-refractivity contribution in [1.29, 1.82) is 0 Å². The highest BCUT2D eigenvalue weighted by molar-refractivity contribution is 7.88. The molecule has 0 amide bonds. The lowest BCUT2D eigenvalue weighted by Crippen LogP contribution is -2.26. The molecule has 0 radical (unpaired) electrons. The lowest BCUT2D eigenvalue weighted by molar-refractivity contribution is 0.392. The van der Waals surface area contributed by atoms with Crippen LogP contribution in [0.2, 0.25) is 0 Å². The molecule has 1 N–H and O–H groups in total. The molecule has 0 aromatic carbocycles. The molecule has 16 heavy (non-hydrogen) atoms. The molecule has 5 nitrogen and oxygen atoms in total. The zero-order valence-corrected chi connectivity index (χ0v) is 10.1. The molecule has 1 aromatic heterocycles. The normalized spacial score (nSPS) is 10.9. The molecule has 1 aromatic rings. The van der Waals surface area contributed by atoms with Gasteiger partial charge in [0.05, 0.1) is 0 Å². The van der Waals surface area contributed by atoms with Gasteiger partial charge >= 0.3 is 0 Å². The lowest BCUT2D eigenvalue weighted by atomic mass is 10.4. The van der Waals surface area contributed by atoms with E-state index in [0.717, 1.165) is 0 Å². The average Bonchev–Trinajstić information content (AvgIpc) is 2.58. The van der Waals surface area contributed by atoms with E-state index < -0.39 is 10.0 Å². The van der Waals surface area contributed by atoms with E-state index in [0.29, 0.717) is 24.4 Å². The molecular weight excluding hydrogens is 228 g/mol. The van der Waals surface area contributed by atoms with Crippen LogP contribution in [0.25, 0.3) is 0 Å². The van der Waals surface area contributed by atoms with Crippen molar-refractivity contribution in [3.05, 3.63) is 17.5 Å². The predicted molar refractivity (Wildman–Crippen MR) is 59.9 cm³/mol. The summed E-state index contributed by atoms with van der Waals surface area (Å²) in [6.07, 6.45) is 0.508. The van der Waals surface area contributed by atoms with Crippen LogP contribution in [0.15, 0.2) is 10.6 Å². The molecule has 0 aliphatic heterocycles. The van der Waals surface area contributed by atoms with Gasteiger partial charge in [-0.1, -0.05) is 5.16 Å². The summed E-state index contributed by atoms with van der Waals surface area (Å²) in [5, 5.41) is 3.62. The first-order chi connectivity index (χ1) is 7.53. The lowest BCUT2D eigenvalue weighted by Gasteiger charge is -2.01. The van der Waals surface area contributed by atoms with Crippen LogP contribution in [0, 0.1) is 18.8 Å². The van der Waals surface area contributed by atoms with E-state index in [-0.39, 0.29) is 5.75 Å². The molecule has 88 valence electrons. The average molecular weight is 242 g/mol. The molecule has 1 heterocycles. The summed E-state index contributed by atoms with van der Waals surface area (Å²) < 4.78 is 30.3. The van der Waals surface area contributed by atoms with Gasteiger partial charge in [-0.05, 0) is 13.8 Å². The van der Waals surface area contributed by atoms with Gasteiger partial charge in [-0.25, -0.2) is 13.1 Å². The van der Waals surface area contributed by atoms with Crippen molar-refractivity contribution in [3.63, 3.8) is 0 Å². The van der Waals surface area contributed by atoms with Crippen LogP contribution in [0.5, 0.6) is 0 Å². The van der Waals surface area contributed by atoms with E-state index in [4.69, 9.17) is 4.52 Å². The van der Waals surface area contributed by atoms with Crippen LogP contribution in [0.1, 0.15) is 24.8 Å². The maximum Gasteiger partial charge on any atom is 0.217 e. The zero-order valence-electron chi connectivity index (χ0n) is 9.28. The molecule has 0 fully saturated rings. The Morgan fingerprint density at radius 1 is 1.56 bits per heavy atom. The quantitative estimate of drug-likeness (QED) is 0.613. The minimum atomic E-state index is -3.34. The van der Waals surface area contributed by atoms with Crippen molar-refractivity contribution < 1.29 is 12.9 Å². The Hall–Kier alpha value is -1.32. The highest BCUT2D eigenvalue weighted by atomic mass is 32.2. The first-order valence-electron chi connectivity index (χ1n) is 4.82. The zero-order chi connectivity index (χ0) is 12.0. The summed E-state index contributed by atoms with van der Waals surface area (Å²) in [5.41, 5.74) is 0.409. The summed E-state index contributed by atoms with van der Waals surface area (Å²) in [5.74, 6) is 5.91. The largest absolute Gasteiger partial charge is 0.361 e. The molecule has 6 heteroatoms. The van der Waals surface area contributed by atoms with Crippen molar-refractivity contribution in [3.8, 4) is 11.8 Å². The van der Waals surface area contributed by atoms with Crippen molar-refractivity contribution in [1.82, 2.24) is 9.88 Å². The third kappa shape index (κ3) is 4.47. The SMILES string of the molecule is CC#CCCNS(=O)(=O)Cc1cc(C)on1. The van der Waals surface area contributed by atoms with Gasteiger partial charge in [0, 0.05) is 19.0 Å². The van der Waals surface area contributed by atoms with Gasteiger partial charge in [-0.3, -0.25) is 0 Å². The fraction of sp³-hybridized carbons (Fsp3) is 0.500. The summed E-state index contributed by atoms with van der Waals surface area (Å²) in [7, 11) is -3.34. The van der Waals surface area contributed by atoms with Crippen LogP contribution in [0.4, 0.5) is 0 Å². The number of nitrogens with zero attached hydrogens (tertiary/aromatic N) is 1. The van der Waals surface area contributed by atoms with Gasteiger partial charge in [-0.15, -0.1) is 11.8 Å². The standard InChI is InChI=1S/C10H14N2O3S/c1-3-4-5-6-11-16(13,14)8-10-7-9(2)15-12-10/h7,11H,5-6,8H2,1-2H3. The number of hydrogen-bond acceptors (Lipinski definition) is 4. The Morgan fingerprint density at radius 3 is 2.88 bits per heavy atom. The summed E-state index contributed by atoms with van der Waals surface area (Å²) in [6.45, 7) is 3.75. The molecule has 0 bridgehead atoms. The van der Waals surface area contributed by atoms with Gasteiger partial charge < -0.3 is 4.52 Å². The second-order valence-electron chi connectivity index (χ2n) is 3.26. The number of aromatic nitrogens is 1. The smallest absolute Gasteiger partial charge is 0.217 e. The Kier molecular flexibility index (Phi) is 4.52. The number of sulfonamides is 1. The number of rotatable bonds is 5. The van der Waals surface area contributed by atoms with E-state index >= 15 is 0 Å². The van der Waals surface area contributed by atoms with E-state index in [1.54, 1.807) is 19.9 Å². The van der Waals surface area contributed by atoms with Crippen molar-refractivity contribution >= 4 is 10.0 Å². The van der Waals surface area contributed by atoms with Crippen LogP contribution in [-0.2, 0) is 15.8 Å². The summed E-state index contributed by atoms with van der Waals surface area (Å²) in [6, 6.07) is 1.60. The van der Waals surface area contributed by atoms with Gasteiger partial charge in [0.2, 0.25) is 10.0 Å². The second-order valence-corrected chi connectivity index (χ2v) is 5.07. The van der Waals surface area contributed by atoms with Crippen LogP contribution < -0.4 is 4.72 Å². The van der Waals surface area contributed by atoms with Crippen molar-refractivity contribution in [2.24, 2.45) is 0 Å². The Bertz CT molecular complexity index is 494. The van der Waals surface area contributed by atoms with E-state index in [1.165, 1.54) is 0 Å². The molecule has 0 unspecified atom stereocenters. The van der Waals surface area contributed by atoms with Gasteiger partial charge in [0.25, 0.3) is 0 Å². The molecule has 0 aliphatic rings. The number of aryl methyl sites for hydroxylation is 1. The van der Waals surface area contributed by atoms with Gasteiger partial charge in [0.1, 0.15) is 17.2 Å². The van der Waals surface area contributed by atoms with Gasteiger partial charge in [-0.2, -0.15) is 0 Å². The topological polar surface area (TPSA) is 72.2 Å². The van der Waals surface area contributed by atoms with E-state index in [1.807, 2.05) is 0 Å². The molecule has 1 rings (SSSR count). The molecular formula is C10H14N2O3S. The van der Waals surface area contributed by atoms with E-state index in [2.05, 4.69) is 21.7 Å². The fourth-order valence-electron chi connectivity index (χ4n) is 1.13. The number of nitrogens with one attached hydrogen (secondary N) is 1. The van der Waals surface area contributed by atoms with Gasteiger partial charge in [0.15, 0.2) is 0 Å². The number of hydrogen-bond donors (Lipinski definition) is 1. The minimum Gasteiger partial charge on any atom is -0.361 e. The second kappa shape index (κ2) is 5.68. The summed E-state index contributed by atoms with van der Waals surface area (Å²) >= 11 is 0. The first kappa shape index (κ1) is 12.7. The van der Waals surface area contributed by atoms with Crippen LogP contribution in [0.3, 0.4) is 0 Å². The molecule has 0 saturated heterocycles. The molecule has 0 saturated carbocycles.